The highest BCUT2D eigenvalue weighted by Crippen LogP contribution is 2.28. The fourth-order valence-electron chi connectivity index (χ4n) is 2.74. The smallest absolute Gasteiger partial charge is 0.256 e. The Morgan fingerprint density at radius 2 is 2.00 bits per heavy atom. The monoisotopic (exact) mass is 328 g/mol. The summed E-state index contributed by atoms with van der Waals surface area (Å²) in [6.45, 7) is 1.74. The molecular formula is C18H17FN2O3. The van der Waals surface area contributed by atoms with E-state index in [4.69, 9.17) is 4.74 Å². The van der Waals surface area contributed by atoms with Crippen molar-refractivity contribution in [1.29, 1.82) is 0 Å². The van der Waals surface area contributed by atoms with Crippen molar-refractivity contribution in [2.45, 2.75) is 19.4 Å². The zero-order valence-corrected chi connectivity index (χ0v) is 13.4. The van der Waals surface area contributed by atoms with Crippen LogP contribution in [0.25, 0.3) is 0 Å². The van der Waals surface area contributed by atoms with Gasteiger partial charge in [-0.2, -0.15) is 0 Å². The first kappa shape index (κ1) is 16.0. The summed E-state index contributed by atoms with van der Waals surface area (Å²) in [5.41, 5.74) is 1.79. The molecule has 3 rings (SSSR count). The van der Waals surface area contributed by atoms with E-state index < -0.39 is 6.04 Å². The summed E-state index contributed by atoms with van der Waals surface area (Å²) >= 11 is 0. The van der Waals surface area contributed by atoms with Gasteiger partial charge < -0.3 is 10.1 Å². The van der Waals surface area contributed by atoms with Crippen LogP contribution in [0.3, 0.4) is 0 Å². The van der Waals surface area contributed by atoms with E-state index in [0.717, 1.165) is 4.90 Å². The van der Waals surface area contributed by atoms with Crippen LogP contribution in [-0.4, -0.2) is 25.0 Å². The van der Waals surface area contributed by atoms with Crippen molar-refractivity contribution in [2.75, 3.05) is 17.3 Å². The van der Waals surface area contributed by atoms with E-state index >= 15 is 0 Å². The number of hydrogen-bond donors (Lipinski definition) is 1. The second-order valence-corrected chi connectivity index (χ2v) is 5.63. The lowest BCUT2D eigenvalue weighted by molar-refractivity contribution is -0.121. The molecule has 1 aliphatic rings. The molecule has 0 radical (unpaired) electrons. The number of nitrogens with one attached hydrogen (secondary N) is 1. The third-order valence-electron chi connectivity index (χ3n) is 3.98. The van der Waals surface area contributed by atoms with Crippen LogP contribution in [0.2, 0.25) is 0 Å². The fourth-order valence-corrected chi connectivity index (χ4v) is 2.74. The van der Waals surface area contributed by atoms with Gasteiger partial charge in [-0.05, 0) is 42.8 Å². The van der Waals surface area contributed by atoms with E-state index in [-0.39, 0.29) is 24.1 Å². The molecule has 6 heteroatoms. The van der Waals surface area contributed by atoms with Crippen LogP contribution < -0.4 is 15.0 Å². The Hall–Kier alpha value is -2.89. The fraction of sp³-hybridized carbons (Fsp3) is 0.222. The molecule has 1 heterocycles. The Balaban J connectivity index is 1.83. The maximum atomic E-state index is 13.2. The zero-order chi connectivity index (χ0) is 17.3. The summed E-state index contributed by atoms with van der Waals surface area (Å²) in [4.78, 5) is 26.1. The minimum Gasteiger partial charge on any atom is -0.497 e. The van der Waals surface area contributed by atoms with Gasteiger partial charge in [-0.15, -0.1) is 0 Å². The molecule has 0 saturated carbocycles. The van der Waals surface area contributed by atoms with Gasteiger partial charge in [0.1, 0.15) is 17.6 Å². The average Bonchev–Trinajstić information content (AvgIpc) is 2.84. The maximum Gasteiger partial charge on any atom is 0.256 e. The number of ether oxygens (including phenoxy) is 1. The van der Waals surface area contributed by atoms with Gasteiger partial charge in [0.15, 0.2) is 0 Å². The van der Waals surface area contributed by atoms with E-state index in [1.54, 1.807) is 37.3 Å². The number of hydrogen-bond acceptors (Lipinski definition) is 4. The van der Waals surface area contributed by atoms with Gasteiger partial charge in [0.2, 0.25) is 5.91 Å². The van der Waals surface area contributed by atoms with Crippen molar-refractivity contribution in [3.05, 3.63) is 53.8 Å². The standard InChI is InChI=1S/C18H17FN2O3/c1-11-8-12(19)6-7-15(11)20-16-10-17(22)21(18(16)23)13-4-3-5-14(9-13)24-2/h3-9,16,20H,10H2,1-2H3/t16-/m1/s1. The summed E-state index contributed by atoms with van der Waals surface area (Å²) < 4.78 is 18.3. The number of halogens is 1. The number of imide groups is 1. The van der Waals surface area contributed by atoms with E-state index in [1.165, 1.54) is 19.2 Å². The van der Waals surface area contributed by atoms with Crippen LogP contribution in [0.15, 0.2) is 42.5 Å². The Labute approximate surface area is 139 Å². The number of benzene rings is 2. The van der Waals surface area contributed by atoms with E-state index in [0.29, 0.717) is 22.7 Å². The maximum absolute atomic E-state index is 13.2. The molecule has 124 valence electrons. The van der Waals surface area contributed by atoms with Crippen molar-refractivity contribution in [1.82, 2.24) is 0 Å². The lowest BCUT2D eigenvalue weighted by Gasteiger charge is -2.17. The van der Waals surface area contributed by atoms with Gasteiger partial charge >= 0.3 is 0 Å². The van der Waals surface area contributed by atoms with Gasteiger partial charge in [-0.3, -0.25) is 9.59 Å². The summed E-state index contributed by atoms with van der Waals surface area (Å²) in [6.07, 6.45) is 0.0485. The first-order chi connectivity index (χ1) is 11.5. The van der Waals surface area contributed by atoms with E-state index in [1.807, 2.05) is 0 Å². The normalized spacial score (nSPS) is 17.3. The van der Waals surface area contributed by atoms with Crippen molar-refractivity contribution in [2.24, 2.45) is 0 Å². The van der Waals surface area contributed by atoms with Crippen molar-refractivity contribution >= 4 is 23.2 Å². The largest absolute Gasteiger partial charge is 0.497 e. The summed E-state index contributed by atoms with van der Waals surface area (Å²) in [7, 11) is 1.52. The second kappa shape index (κ2) is 6.31. The molecule has 2 aromatic carbocycles. The molecule has 2 aromatic rings. The number of amides is 2. The molecule has 0 unspecified atom stereocenters. The molecular weight excluding hydrogens is 311 g/mol. The molecule has 0 spiro atoms. The highest BCUT2D eigenvalue weighted by molar-refractivity contribution is 6.23. The van der Waals surface area contributed by atoms with Crippen LogP contribution in [0, 0.1) is 12.7 Å². The number of nitrogens with zero attached hydrogens (tertiary/aromatic N) is 1. The van der Waals surface area contributed by atoms with Crippen LogP contribution in [0.4, 0.5) is 15.8 Å². The summed E-state index contributed by atoms with van der Waals surface area (Å²) in [6, 6.07) is 10.4. The Kier molecular flexibility index (Phi) is 4.20. The lowest BCUT2D eigenvalue weighted by atomic mass is 10.1. The number of carbonyl (C=O) groups is 2. The summed E-state index contributed by atoms with van der Waals surface area (Å²) in [5.74, 6) is -0.397. The molecule has 1 atom stereocenters. The molecule has 0 aliphatic carbocycles. The van der Waals surface area contributed by atoms with E-state index in [9.17, 15) is 14.0 Å². The van der Waals surface area contributed by atoms with Crippen LogP contribution in [0.1, 0.15) is 12.0 Å². The lowest BCUT2D eigenvalue weighted by Crippen LogP contribution is -2.34. The SMILES string of the molecule is COc1cccc(N2C(=O)C[C@@H](Nc3ccc(F)cc3C)C2=O)c1. The predicted octanol–water partition coefficient (Wildman–Crippen LogP) is 2.89. The number of rotatable bonds is 4. The quantitative estimate of drug-likeness (QED) is 0.877. The Morgan fingerprint density at radius 1 is 1.21 bits per heavy atom. The topological polar surface area (TPSA) is 58.6 Å². The van der Waals surface area contributed by atoms with Gasteiger partial charge in [0, 0.05) is 11.8 Å². The molecule has 5 nitrogen and oxygen atoms in total. The Morgan fingerprint density at radius 3 is 2.71 bits per heavy atom. The van der Waals surface area contributed by atoms with E-state index in [2.05, 4.69) is 5.32 Å². The number of methoxy groups -OCH3 is 1. The molecule has 1 N–H and O–H groups in total. The molecule has 1 aliphatic heterocycles. The highest BCUT2D eigenvalue weighted by Gasteiger charge is 2.39. The molecule has 0 bridgehead atoms. The highest BCUT2D eigenvalue weighted by atomic mass is 19.1. The third-order valence-corrected chi connectivity index (χ3v) is 3.98. The summed E-state index contributed by atoms with van der Waals surface area (Å²) in [5, 5.41) is 3.03. The number of aryl methyl sites for hydroxylation is 1. The van der Waals surface area contributed by atoms with Crippen LogP contribution in [0.5, 0.6) is 5.75 Å². The van der Waals surface area contributed by atoms with Crippen LogP contribution in [-0.2, 0) is 9.59 Å². The van der Waals surface area contributed by atoms with Gasteiger partial charge in [0.25, 0.3) is 5.91 Å². The molecule has 2 amide bonds. The minimum atomic E-state index is -0.673. The first-order valence-corrected chi connectivity index (χ1v) is 7.53. The third kappa shape index (κ3) is 2.95. The van der Waals surface area contributed by atoms with Crippen LogP contribution >= 0.6 is 0 Å². The molecule has 24 heavy (non-hydrogen) atoms. The number of carbonyl (C=O) groups excluding carboxylic acids is 2. The van der Waals surface area contributed by atoms with Gasteiger partial charge in [0.05, 0.1) is 19.2 Å². The number of anilines is 2. The minimum absolute atomic E-state index is 0.0485. The van der Waals surface area contributed by atoms with Gasteiger partial charge in [-0.25, -0.2) is 9.29 Å². The Bertz CT molecular complexity index is 807. The molecule has 0 aromatic heterocycles. The predicted molar refractivity (Wildman–Crippen MR) is 88.7 cm³/mol. The van der Waals surface area contributed by atoms with Crippen molar-refractivity contribution in [3.8, 4) is 5.75 Å². The molecule has 1 fully saturated rings. The van der Waals surface area contributed by atoms with Crippen molar-refractivity contribution < 1.29 is 18.7 Å². The first-order valence-electron chi connectivity index (χ1n) is 7.53. The van der Waals surface area contributed by atoms with Crippen molar-refractivity contribution in [3.63, 3.8) is 0 Å². The zero-order valence-electron chi connectivity index (χ0n) is 13.4. The second-order valence-electron chi connectivity index (χ2n) is 5.63. The van der Waals surface area contributed by atoms with Gasteiger partial charge in [-0.1, -0.05) is 6.07 Å². The molecule has 1 saturated heterocycles. The average molecular weight is 328 g/mol.